The Balaban J connectivity index is 1.51. The molecule has 2 fully saturated rings. The molecule has 8 heteroatoms. The number of carbonyl (C=O) groups is 1. The maximum absolute atomic E-state index is 12.1. The van der Waals surface area contributed by atoms with E-state index in [0.29, 0.717) is 25.5 Å². The lowest BCUT2D eigenvalue weighted by molar-refractivity contribution is -0.150. The van der Waals surface area contributed by atoms with Crippen molar-refractivity contribution in [1.29, 1.82) is 0 Å². The molecular weight excluding hydrogens is 368 g/mol. The molecule has 2 aromatic heterocycles. The standard InChI is InChI=1S/C21H32N6O2/c1-4-29-20(28)17-6-5-9-25(13-17)14-18-23-21-22-16(3)12-19(27(21)24-18)26-10-7-15(2)8-11-26/h12,15,17H,4-11,13-14H2,1-3H3/t17-/m0/s1. The van der Waals surface area contributed by atoms with Gasteiger partial charge < -0.3 is 9.64 Å². The quantitative estimate of drug-likeness (QED) is 0.714. The van der Waals surface area contributed by atoms with Gasteiger partial charge in [0, 0.05) is 31.4 Å². The monoisotopic (exact) mass is 400 g/mol. The lowest BCUT2D eigenvalue weighted by atomic mass is 9.98. The van der Waals surface area contributed by atoms with Crippen molar-refractivity contribution in [2.24, 2.45) is 11.8 Å². The van der Waals surface area contributed by atoms with Gasteiger partial charge in [-0.2, -0.15) is 9.50 Å². The molecule has 29 heavy (non-hydrogen) atoms. The van der Waals surface area contributed by atoms with Crippen LogP contribution in [0, 0.1) is 18.8 Å². The average molecular weight is 401 g/mol. The minimum atomic E-state index is -0.0842. The average Bonchev–Trinajstić information content (AvgIpc) is 3.10. The molecule has 2 aliphatic heterocycles. The van der Waals surface area contributed by atoms with E-state index in [9.17, 15) is 4.79 Å². The summed E-state index contributed by atoms with van der Waals surface area (Å²) in [5.74, 6) is 3.15. The molecule has 2 saturated heterocycles. The predicted molar refractivity (Wildman–Crippen MR) is 111 cm³/mol. The number of nitrogens with zero attached hydrogens (tertiary/aromatic N) is 6. The number of aryl methyl sites for hydroxylation is 1. The highest BCUT2D eigenvalue weighted by molar-refractivity contribution is 5.72. The van der Waals surface area contributed by atoms with Crippen LogP contribution in [0.2, 0.25) is 0 Å². The summed E-state index contributed by atoms with van der Waals surface area (Å²) in [6.45, 7) is 11.0. The van der Waals surface area contributed by atoms with Gasteiger partial charge in [-0.3, -0.25) is 9.69 Å². The highest BCUT2D eigenvalue weighted by Gasteiger charge is 2.28. The van der Waals surface area contributed by atoms with Gasteiger partial charge in [-0.15, -0.1) is 5.10 Å². The number of fused-ring (bicyclic) bond motifs is 1. The Labute approximate surface area is 172 Å². The first-order chi connectivity index (χ1) is 14.0. The topological polar surface area (TPSA) is 75.9 Å². The molecule has 4 heterocycles. The molecule has 158 valence electrons. The van der Waals surface area contributed by atoms with Crippen LogP contribution in [0.3, 0.4) is 0 Å². The van der Waals surface area contributed by atoms with Crippen molar-refractivity contribution >= 4 is 17.6 Å². The van der Waals surface area contributed by atoms with Crippen molar-refractivity contribution in [3.63, 3.8) is 0 Å². The van der Waals surface area contributed by atoms with Crippen molar-refractivity contribution in [2.75, 3.05) is 37.7 Å². The number of esters is 1. The van der Waals surface area contributed by atoms with Crippen LogP contribution in [0.5, 0.6) is 0 Å². The molecule has 0 aromatic carbocycles. The molecule has 8 nitrogen and oxygen atoms in total. The second-order valence-electron chi connectivity index (χ2n) is 8.49. The van der Waals surface area contributed by atoms with E-state index < -0.39 is 0 Å². The number of hydrogen-bond acceptors (Lipinski definition) is 7. The van der Waals surface area contributed by atoms with E-state index in [4.69, 9.17) is 14.8 Å². The molecule has 0 unspecified atom stereocenters. The van der Waals surface area contributed by atoms with Crippen molar-refractivity contribution < 1.29 is 9.53 Å². The van der Waals surface area contributed by atoms with E-state index in [1.165, 1.54) is 12.8 Å². The third kappa shape index (κ3) is 4.52. The summed E-state index contributed by atoms with van der Waals surface area (Å²) in [6, 6.07) is 2.11. The number of carbonyl (C=O) groups excluding carboxylic acids is 1. The number of anilines is 1. The van der Waals surface area contributed by atoms with E-state index >= 15 is 0 Å². The van der Waals surface area contributed by atoms with Gasteiger partial charge in [0.15, 0.2) is 5.82 Å². The lowest BCUT2D eigenvalue weighted by Crippen LogP contribution is -2.39. The smallest absolute Gasteiger partial charge is 0.310 e. The number of aromatic nitrogens is 4. The molecule has 2 aliphatic rings. The SMILES string of the molecule is CCOC(=O)[C@H]1CCCN(Cc2nc3nc(C)cc(N4CCC(C)CC4)n3n2)C1. The maximum atomic E-state index is 12.1. The molecule has 0 spiro atoms. The van der Waals surface area contributed by atoms with Gasteiger partial charge in [0.25, 0.3) is 5.78 Å². The van der Waals surface area contributed by atoms with Crippen molar-refractivity contribution in [2.45, 2.75) is 53.0 Å². The van der Waals surface area contributed by atoms with E-state index in [1.54, 1.807) is 0 Å². The molecule has 0 bridgehead atoms. The summed E-state index contributed by atoms with van der Waals surface area (Å²) in [5.41, 5.74) is 0.963. The van der Waals surface area contributed by atoms with Crippen LogP contribution in [0.15, 0.2) is 6.07 Å². The Morgan fingerprint density at radius 1 is 1.21 bits per heavy atom. The number of ether oxygens (including phenoxy) is 1. The lowest BCUT2D eigenvalue weighted by Gasteiger charge is -2.32. The Hall–Kier alpha value is -2.22. The molecule has 0 radical (unpaired) electrons. The largest absolute Gasteiger partial charge is 0.466 e. The Morgan fingerprint density at radius 3 is 2.76 bits per heavy atom. The Kier molecular flexibility index (Phi) is 5.99. The zero-order valence-electron chi connectivity index (χ0n) is 17.8. The molecule has 4 rings (SSSR count). The fourth-order valence-corrected chi connectivity index (χ4v) is 4.39. The summed E-state index contributed by atoms with van der Waals surface area (Å²) in [7, 11) is 0. The van der Waals surface area contributed by atoms with Crippen molar-refractivity contribution in [1.82, 2.24) is 24.5 Å². The summed E-state index contributed by atoms with van der Waals surface area (Å²) in [6.07, 6.45) is 4.29. The minimum Gasteiger partial charge on any atom is -0.466 e. The van der Waals surface area contributed by atoms with Crippen LogP contribution in [0.25, 0.3) is 5.78 Å². The Morgan fingerprint density at radius 2 is 2.00 bits per heavy atom. The van der Waals surface area contributed by atoms with Gasteiger partial charge in [-0.25, -0.2) is 4.98 Å². The summed E-state index contributed by atoms with van der Waals surface area (Å²) in [4.78, 5) is 26.1. The van der Waals surface area contributed by atoms with Crippen LogP contribution < -0.4 is 4.90 Å². The van der Waals surface area contributed by atoms with Crippen molar-refractivity contribution in [3.8, 4) is 0 Å². The first kappa shape index (κ1) is 20.1. The van der Waals surface area contributed by atoms with E-state index in [0.717, 1.165) is 55.7 Å². The first-order valence-corrected chi connectivity index (χ1v) is 10.9. The summed E-state index contributed by atoms with van der Waals surface area (Å²) < 4.78 is 7.11. The maximum Gasteiger partial charge on any atom is 0.310 e. The predicted octanol–water partition coefficient (Wildman–Crippen LogP) is 2.44. The van der Waals surface area contributed by atoms with Crippen LogP contribution in [0.1, 0.15) is 51.0 Å². The van der Waals surface area contributed by atoms with Gasteiger partial charge in [-0.05, 0) is 52.0 Å². The highest BCUT2D eigenvalue weighted by Crippen LogP contribution is 2.24. The molecule has 0 aliphatic carbocycles. The third-order valence-electron chi connectivity index (χ3n) is 6.06. The van der Waals surface area contributed by atoms with E-state index in [1.807, 2.05) is 18.4 Å². The van der Waals surface area contributed by atoms with Gasteiger partial charge in [0.2, 0.25) is 0 Å². The number of likely N-dealkylation sites (tertiary alicyclic amines) is 1. The van der Waals surface area contributed by atoms with Crippen LogP contribution >= 0.6 is 0 Å². The Bertz CT molecular complexity index is 858. The zero-order chi connectivity index (χ0) is 20.4. The van der Waals surface area contributed by atoms with Crippen molar-refractivity contribution in [3.05, 3.63) is 17.6 Å². The fraction of sp³-hybridized carbons (Fsp3) is 0.714. The van der Waals surface area contributed by atoms with E-state index in [-0.39, 0.29) is 11.9 Å². The molecule has 0 N–H and O–H groups in total. The zero-order valence-corrected chi connectivity index (χ0v) is 17.8. The van der Waals surface area contributed by atoms with Crippen LogP contribution in [-0.2, 0) is 16.1 Å². The third-order valence-corrected chi connectivity index (χ3v) is 6.06. The second-order valence-corrected chi connectivity index (χ2v) is 8.49. The van der Waals surface area contributed by atoms with Gasteiger partial charge in [-0.1, -0.05) is 6.92 Å². The van der Waals surface area contributed by atoms with Gasteiger partial charge in [0.05, 0.1) is 19.1 Å². The van der Waals surface area contributed by atoms with Crippen LogP contribution in [0.4, 0.5) is 5.82 Å². The van der Waals surface area contributed by atoms with E-state index in [2.05, 4.69) is 27.8 Å². The minimum absolute atomic E-state index is 0.0491. The molecule has 0 amide bonds. The highest BCUT2D eigenvalue weighted by atomic mass is 16.5. The summed E-state index contributed by atoms with van der Waals surface area (Å²) in [5, 5.41) is 4.79. The number of piperidine rings is 2. The molecule has 2 aromatic rings. The summed E-state index contributed by atoms with van der Waals surface area (Å²) >= 11 is 0. The van der Waals surface area contributed by atoms with Crippen LogP contribution in [-0.4, -0.2) is 63.2 Å². The second kappa shape index (κ2) is 8.65. The van der Waals surface area contributed by atoms with Gasteiger partial charge >= 0.3 is 5.97 Å². The molecular formula is C21H32N6O2. The number of rotatable bonds is 5. The normalized spacial score (nSPS) is 21.6. The molecule has 1 atom stereocenters. The molecule has 0 saturated carbocycles. The fourth-order valence-electron chi connectivity index (χ4n) is 4.39. The van der Waals surface area contributed by atoms with Gasteiger partial charge in [0.1, 0.15) is 5.82 Å². The first-order valence-electron chi connectivity index (χ1n) is 10.9. The number of hydrogen-bond donors (Lipinski definition) is 0.